The van der Waals surface area contributed by atoms with E-state index in [1.54, 1.807) is 0 Å². The van der Waals surface area contributed by atoms with E-state index in [9.17, 15) is 0 Å². The summed E-state index contributed by atoms with van der Waals surface area (Å²) in [5.41, 5.74) is 0. The average Bonchev–Trinajstić information content (AvgIpc) is 2.05. The van der Waals surface area contributed by atoms with Gasteiger partial charge in [0.05, 0.1) is 12.8 Å². The Morgan fingerprint density at radius 1 is 1.20 bits per heavy atom. The molecule has 2 atom stereocenters. The second-order valence-electron chi connectivity index (χ2n) is 2.71. The van der Waals surface area contributed by atoms with Gasteiger partial charge in [0.1, 0.15) is 0 Å². The number of nitrogens with one attached hydrogen (secondary N) is 4. The van der Waals surface area contributed by atoms with Gasteiger partial charge >= 0.3 is 0 Å². The minimum absolute atomic E-state index is 0.426. The molecule has 0 bridgehead atoms. The fourth-order valence-electron chi connectivity index (χ4n) is 1.45. The van der Waals surface area contributed by atoms with Crippen molar-refractivity contribution >= 4 is 0 Å². The summed E-state index contributed by atoms with van der Waals surface area (Å²) in [5, 5.41) is 13.1. The Balaban J connectivity index is 1.93. The van der Waals surface area contributed by atoms with E-state index in [-0.39, 0.29) is 0 Å². The van der Waals surface area contributed by atoms with E-state index in [1.807, 2.05) is 6.67 Å². The number of hydrogen-bond donors (Lipinski definition) is 4. The van der Waals surface area contributed by atoms with Crippen LogP contribution in [0.3, 0.4) is 0 Å². The molecule has 2 aliphatic heterocycles. The molecule has 4 nitrogen and oxygen atoms in total. The van der Waals surface area contributed by atoms with Gasteiger partial charge in [0.15, 0.2) is 0 Å². The van der Waals surface area contributed by atoms with Crippen LogP contribution in [0.5, 0.6) is 0 Å². The molecule has 2 rings (SSSR count). The summed E-state index contributed by atoms with van der Waals surface area (Å²) in [6.45, 7) is 5.05. The van der Waals surface area contributed by atoms with Crippen LogP contribution in [0, 0.1) is 6.67 Å². The predicted molar refractivity (Wildman–Crippen MR) is 39.0 cm³/mol. The van der Waals surface area contributed by atoms with E-state index in [1.165, 1.54) is 0 Å². The summed E-state index contributed by atoms with van der Waals surface area (Å²) in [7, 11) is 0. The van der Waals surface area contributed by atoms with Crippen molar-refractivity contribution in [3.63, 3.8) is 0 Å². The molecule has 2 unspecified atom stereocenters. The van der Waals surface area contributed by atoms with E-state index in [0.717, 1.165) is 19.6 Å². The van der Waals surface area contributed by atoms with Crippen LogP contribution in [0.25, 0.3) is 0 Å². The quantitative estimate of drug-likeness (QED) is 0.321. The highest BCUT2D eigenvalue weighted by atomic mass is 15.3. The van der Waals surface area contributed by atoms with Crippen molar-refractivity contribution in [2.45, 2.75) is 12.2 Å². The van der Waals surface area contributed by atoms with Crippen molar-refractivity contribution in [3.05, 3.63) is 6.67 Å². The first-order valence-electron chi connectivity index (χ1n) is 3.75. The minimum Gasteiger partial charge on any atom is -0.309 e. The fraction of sp³-hybridized carbons (Fsp3) is 0.833. The summed E-state index contributed by atoms with van der Waals surface area (Å²) in [5.74, 6) is 0. The SMILES string of the molecule is [CH]1NCC2NCCNC2N1. The van der Waals surface area contributed by atoms with Gasteiger partial charge in [-0.3, -0.25) is 16.0 Å². The smallest absolute Gasteiger partial charge is 0.0879 e. The van der Waals surface area contributed by atoms with Crippen LogP contribution in [0.2, 0.25) is 0 Å². The first kappa shape index (κ1) is 6.54. The van der Waals surface area contributed by atoms with Gasteiger partial charge in [-0.25, -0.2) is 0 Å². The largest absolute Gasteiger partial charge is 0.309 e. The maximum Gasteiger partial charge on any atom is 0.0879 e. The van der Waals surface area contributed by atoms with Gasteiger partial charge in [-0.15, -0.1) is 0 Å². The Bertz CT molecular complexity index is 90.3. The van der Waals surface area contributed by atoms with Crippen LogP contribution in [0.1, 0.15) is 0 Å². The molecule has 4 N–H and O–H groups in total. The van der Waals surface area contributed by atoms with Crippen LogP contribution in [0.4, 0.5) is 0 Å². The molecule has 0 aromatic heterocycles. The summed E-state index contributed by atoms with van der Waals surface area (Å²) in [4.78, 5) is 0. The second-order valence-corrected chi connectivity index (χ2v) is 2.71. The standard InChI is InChI=1S/C6H13N4/c1-2-9-6-5(8-1)3-7-4-10-6/h4-10H,1-3H2. The van der Waals surface area contributed by atoms with E-state index in [2.05, 4.69) is 21.3 Å². The Morgan fingerprint density at radius 3 is 3.00 bits per heavy atom. The molecule has 0 aromatic rings. The first-order chi connectivity index (χ1) is 4.97. The van der Waals surface area contributed by atoms with Crippen molar-refractivity contribution in [1.29, 1.82) is 0 Å². The topological polar surface area (TPSA) is 48.1 Å². The van der Waals surface area contributed by atoms with Crippen LogP contribution in [0.15, 0.2) is 0 Å². The zero-order valence-corrected chi connectivity index (χ0v) is 5.85. The van der Waals surface area contributed by atoms with Gasteiger partial charge in [-0.1, -0.05) is 0 Å². The van der Waals surface area contributed by atoms with E-state index in [0.29, 0.717) is 12.2 Å². The van der Waals surface area contributed by atoms with Crippen LogP contribution >= 0.6 is 0 Å². The third-order valence-electron chi connectivity index (χ3n) is 2.00. The fourth-order valence-corrected chi connectivity index (χ4v) is 1.45. The molecule has 10 heavy (non-hydrogen) atoms. The number of hydrogen-bond acceptors (Lipinski definition) is 4. The van der Waals surface area contributed by atoms with Gasteiger partial charge in [-0.2, -0.15) is 0 Å². The molecular formula is C6H13N4. The van der Waals surface area contributed by atoms with Gasteiger partial charge in [0.25, 0.3) is 0 Å². The average molecular weight is 141 g/mol. The monoisotopic (exact) mass is 141 g/mol. The maximum absolute atomic E-state index is 3.41. The highest BCUT2D eigenvalue weighted by Crippen LogP contribution is 1.97. The Kier molecular flexibility index (Phi) is 1.86. The van der Waals surface area contributed by atoms with Crippen molar-refractivity contribution < 1.29 is 0 Å². The molecule has 2 heterocycles. The molecule has 0 saturated carbocycles. The summed E-state index contributed by atoms with van der Waals surface area (Å²) < 4.78 is 0. The first-order valence-corrected chi connectivity index (χ1v) is 3.75. The molecule has 0 spiro atoms. The van der Waals surface area contributed by atoms with Gasteiger partial charge in [0.2, 0.25) is 0 Å². The Hall–Kier alpha value is -0.160. The molecule has 0 amide bonds. The van der Waals surface area contributed by atoms with E-state index in [4.69, 9.17) is 0 Å². The van der Waals surface area contributed by atoms with Gasteiger partial charge < -0.3 is 5.32 Å². The zero-order valence-electron chi connectivity index (χ0n) is 5.85. The molecule has 2 aliphatic rings. The second kappa shape index (κ2) is 2.84. The zero-order chi connectivity index (χ0) is 6.81. The maximum atomic E-state index is 3.41. The lowest BCUT2D eigenvalue weighted by molar-refractivity contribution is 0.253. The molecule has 57 valence electrons. The third-order valence-corrected chi connectivity index (χ3v) is 2.00. The summed E-state index contributed by atoms with van der Waals surface area (Å²) in [6.07, 6.45) is 0.426. The molecule has 1 radical (unpaired) electrons. The summed E-state index contributed by atoms with van der Waals surface area (Å²) >= 11 is 0. The predicted octanol–water partition coefficient (Wildman–Crippen LogP) is -1.81. The molecule has 4 heteroatoms. The highest BCUT2D eigenvalue weighted by molar-refractivity contribution is 4.92. The van der Waals surface area contributed by atoms with Gasteiger partial charge in [0, 0.05) is 25.7 Å². The number of fused-ring (bicyclic) bond motifs is 1. The van der Waals surface area contributed by atoms with Crippen LogP contribution < -0.4 is 21.3 Å². The van der Waals surface area contributed by atoms with Crippen LogP contribution in [-0.2, 0) is 0 Å². The molecule has 0 aliphatic carbocycles. The third kappa shape index (κ3) is 1.15. The molecule has 0 aromatic carbocycles. The van der Waals surface area contributed by atoms with Crippen LogP contribution in [-0.4, -0.2) is 31.8 Å². The van der Waals surface area contributed by atoms with Gasteiger partial charge in [-0.05, 0) is 0 Å². The normalized spacial score (nSPS) is 40.8. The lowest BCUT2D eigenvalue weighted by atomic mass is 10.1. The highest BCUT2D eigenvalue weighted by Gasteiger charge is 2.25. The molecular weight excluding hydrogens is 128 g/mol. The Labute approximate surface area is 60.8 Å². The van der Waals surface area contributed by atoms with Crippen molar-refractivity contribution in [2.75, 3.05) is 19.6 Å². The van der Waals surface area contributed by atoms with Crippen molar-refractivity contribution in [2.24, 2.45) is 0 Å². The minimum atomic E-state index is 0.426. The Morgan fingerprint density at radius 2 is 2.10 bits per heavy atom. The van der Waals surface area contributed by atoms with Crippen molar-refractivity contribution in [3.8, 4) is 0 Å². The summed E-state index contributed by atoms with van der Waals surface area (Å²) in [6, 6.07) is 0.541. The molecule has 2 fully saturated rings. The lowest BCUT2D eigenvalue weighted by Gasteiger charge is -2.37. The number of rotatable bonds is 0. The van der Waals surface area contributed by atoms with E-state index < -0.39 is 0 Å². The molecule has 2 saturated heterocycles. The lowest BCUT2D eigenvalue weighted by Crippen LogP contribution is -2.67. The number of piperazine rings is 1. The van der Waals surface area contributed by atoms with E-state index >= 15 is 0 Å². The van der Waals surface area contributed by atoms with Crippen molar-refractivity contribution in [1.82, 2.24) is 21.3 Å².